The number of nitrogens with two attached hydrogens (primary N) is 2. The predicted molar refractivity (Wildman–Crippen MR) is 103 cm³/mol. The van der Waals surface area contributed by atoms with Crippen molar-refractivity contribution in [3.63, 3.8) is 0 Å². The minimum Gasteiger partial charge on any atom is -0.370 e. The van der Waals surface area contributed by atoms with Gasteiger partial charge in [0.1, 0.15) is 5.69 Å². The molecule has 0 saturated carbocycles. The Balaban J connectivity index is 0.00000225. The number of fused-ring (bicyclic) bond motifs is 1. The second-order valence-electron chi connectivity index (χ2n) is 5.11. The molecule has 0 aliphatic carbocycles. The van der Waals surface area contributed by atoms with E-state index in [1.807, 2.05) is 12.1 Å². The van der Waals surface area contributed by atoms with Gasteiger partial charge < -0.3 is 16.0 Å². The maximum absolute atomic E-state index is 12.4. The molecular formula is C16H14Cl3N5O. The number of hydrogen-bond acceptors (Lipinski definition) is 2. The molecule has 0 aliphatic heterocycles. The van der Waals surface area contributed by atoms with E-state index in [2.05, 4.69) is 9.98 Å². The van der Waals surface area contributed by atoms with Crippen LogP contribution in [0.3, 0.4) is 0 Å². The van der Waals surface area contributed by atoms with Gasteiger partial charge in [-0.25, -0.2) is 0 Å². The van der Waals surface area contributed by atoms with Gasteiger partial charge >= 0.3 is 0 Å². The number of carbonyl (C=O) groups excluding carboxylic acids is 1. The fourth-order valence-corrected chi connectivity index (χ4v) is 3.01. The van der Waals surface area contributed by atoms with Gasteiger partial charge in [0.2, 0.25) is 0 Å². The highest BCUT2D eigenvalue weighted by atomic mass is 35.5. The van der Waals surface area contributed by atoms with Crippen LogP contribution in [0.25, 0.3) is 10.9 Å². The largest absolute Gasteiger partial charge is 0.370 e. The van der Waals surface area contributed by atoms with E-state index in [0.717, 1.165) is 11.1 Å². The molecule has 0 unspecified atom stereocenters. The first-order valence-corrected chi connectivity index (χ1v) is 7.73. The molecule has 0 aliphatic rings. The van der Waals surface area contributed by atoms with E-state index in [-0.39, 0.29) is 29.1 Å². The third-order valence-electron chi connectivity index (χ3n) is 3.49. The number of amides is 1. The molecule has 25 heavy (non-hydrogen) atoms. The Hall–Kier alpha value is -2.28. The lowest BCUT2D eigenvalue weighted by Crippen LogP contribution is -2.25. The topological polar surface area (TPSA) is 99.3 Å². The van der Waals surface area contributed by atoms with Gasteiger partial charge in [-0.15, -0.1) is 12.4 Å². The van der Waals surface area contributed by atoms with Crippen LogP contribution >= 0.6 is 35.6 Å². The molecule has 4 N–H and O–H groups in total. The quantitative estimate of drug-likeness (QED) is 0.522. The summed E-state index contributed by atoms with van der Waals surface area (Å²) in [6, 6.07) is 8.94. The van der Waals surface area contributed by atoms with E-state index < -0.39 is 5.91 Å². The molecule has 2 aromatic heterocycles. The van der Waals surface area contributed by atoms with Crippen molar-refractivity contribution in [2.24, 2.45) is 16.5 Å². The molecule has 0 radical (unpaired) electrons. The highest BCUT2D eigenvalue weighted by Crippen LogP contribution is 2.33. The molecule has 1 amide bonds. The lowest BCUT2D eigenvalue weighted by molar-refractivity contribution is 0.0995. The molecule has 2 heterocycles. The maximum Gasteiger partial charge on any atom is 0.298 e. The minimum atomic E-state index is -0.610. The summed E-state index contributed by atoms with van der Waals surface area (Å²) in [5.74, 6) is -0.934. The van der Waals surface area contributed by atoms with Crippen molar-refractivity contribution in [1.29, 1.82) is 0 Å². The first-order valence-electron chi connectivity index (χ1n) is 6.97. The molecule has 0 spiro atoms. The van der Waals surface area contributed by atoms with Crippen LogP contribution in [0, 0.1) is 0 Å². The number of pyridine rings is 1. The van der Waals surface area contributed by atoms with Gasteiger partial charge in [-0.3, -0.25) is 9.78 Å². The number of nitrogens with zero attached hydrogens (tertiary/aromatic N) is 3. The van der Waals surface area contributed by atoms with Crippen molar-refractivity contribution < 1.29 is 4.79 Å². The Kier molecular flexibility index (Phi) is 5.89. The van der Waals surface area contributed by atoms with Gasteiger partial charge in [0.15, 0.2) is 5.96 Å². The van der Waals surface area contributed by atoms with Crippen molar-refractivity contribution in [2.45, 2.75) is 6.54 Å². The molecule has 6 nitrogen and oxygen atoms in total. The van der Waals surface area contributed by atoms with E-state index in [1.54, 1.807) is 35.2 Å². The number of hydrogen-bond donors (Lipinski definition) is 2. The molecule has 0 fully saturated rings. The first kappa shape index (κ1) is 19.1. The summed E-state index contributed by atoms with van der Waals surface area (Å²) in [6.07, 6.45) is 3.36. The molecule has 0 saturated heterocycles. The van der Waals surface area contributed by atoms with Crippen molar-refractivity contribution in [1.82, 2.24) is 9.55 Å². The van der Waals surface area contributed by atoms with Crippen LogP contribution in [0.4, 0.5) is 0 Å². The summed E-state index contributed by atoms with van der Waals surface area (Å²) >= 11 is 12.5. The number of benzene rings is 1. The van der Waals surface area contributed by atoms with Crippen molar-refractivity contribution in [3.8, 4) is 0 Å². The van der Waals surface area contributed by atoms with Crippen LogP contribution in [0.1, 0.15) is 16.1 Å². The Morgan fingerprint density at radius 1 is 1.16 bits per heavy atom. The average molecular weight is 399 g/mol. The standard InChI is InChI=1S/C16H13Cl2N5O.ClH/c17-10-1-2-12-11(7-10)13(18)14(15(24)22-16(19)20)23(12)8-9-3-5-21-6-4-9;/h1-7H,8H2,(H4,19,20,22,24);1H. The zero-order chi connectivity index (χ0) is 17.3. The number of aromatic nitrogens is 2. The third kappa shape index (κ3) is 3.87. The Morgan fingerprint density at radius 3 is 2.48 bits per heavy atom. The first-order chi connectivity index (χ1) is 11.5. The minimum absolute atomic E-state index is 0. The van der Waals surface area contributed by atoms with E-state index in [1.165, 1.54) is 0 Å². The maximum atomic E-state index is 12.4. The zero-order valence-corrected chi connectivity index (χ0v) is 15.1. The Labute approximate surface area is 159 Å². The average Bonchev–Trinajstić information content (AvgIpc) is 2.80. The van der Waals surface area contributed by atoms with Gasteiger partial charge in [-0.1, -0.05) is 23.2 Å². The fraction of sp³-hybridized carbons (Fsp3) is 0.0625. The lowest BCUT2D eigenvalue weighted by atomic mass is 10.2. The van der Waals surface area contributed by atoms with E-state index in [9.17, 15) is 4.79 Å². The summed E-state index contributed by atoms with van der Waals surface area (Å²) in [7, 11) is 0. The summed E-state index contributed by atoms with van der Waals surface area (Å²) in [5, 5.41) is 1.44. The second kappa shape index (κ2) is 7.74. The number of guanidine groups is 1. The van der Waals surface area contributed by atoms with Crippen LogP contribution in [0.2, 0.25) is 10.0 Å². The van der Waals surface area contributed by atoms with Gasteiger partial charge in [-0.2, -0.15) is 4.99 Å². The molecule has 9 heteroatoms. The van der Waals surface area contributed by atoms with Gasteiger partial charge in [0.25, 0.3) is 5.91 Å². The van der Waals surface area contributed by atoms with E-state index in [4.69, 9.17) is 34.7 Å². The molecule has 1 aromatic carbocycles. The van der Waals surface area contributed by atoms with Crippen molar-refractivity contribution in [2.75, 3.05) is 0 Å². The SMILES string of the molecule is Cl.NC(N)=NC(=O)c1c(Cl)c2cc(Cl)ccc2n1Cc1ccncc1. The molecule has 3 rings (SSSR count). The summed E-state index contributed by atoms with van der Waals surface area (Å²) < 4.78 is 1.76. The second-order valence-corrected chi connectivity index (χ2v) is 5.92. The van der Waals surface area contributed by atoms with E-state index in [0.29, 0.717) is 17.0 Å². The van der Waals surface area contributed by atoms with E-state index >= 15 is 0 Å². The zero-order valence-electron chi connectivity index (χ0n) is 12.8. The summed E-state index contributed by atoms with van der Waals surface area (Å²) in [5.41, 5.74) is 12.6. The number of carbonyl (C=O) groups is 1. The molecule has 3 aromatic rings. The van der Waals surface area contributed by atoms with Crippen molar-refractivity contribution >= 4 is 58.4 Å². The van der Waals surface area contributed by atoms with Gasteiger partial charge in [0.05, 0.1) is 10.5 Å². The van der Waals surface area contributed by atoms with Crippen LogP contribution in [0.15, 0.2) is 47.7 Å². The molecule has 0 atom stereocenters. The van der Waals surface area contributed by atoms with Gasteiger partial charge in [-0.05, 0) is 35.9 Å². The van der Waals surface area contributed by atoms with Crippen LogP contribution in [-0.4, -0.2) is 21.4 Å². The fourth-order valence-electron chi connectivity index (χ4n) is 2.50. The molecular weight excluding hydrogens is 385 g/mol. The Bertz CT molecular complexity index is 949. The van der Waals surface area contributed by atoms with Crippen LogP contribution in [-0.2, 0) is 6.54 Å². The van der Waals surface area contributed by atoms with Crippen LogP contribution < -0.4 is 11.5 Å². The van der Waals surface area contributed by atoms with Gasteiger partial charge in [0, 0.05) is 29.3 Å². The molecule has 0 bridgehead atoms. The number of aliphatic imine (C=N–C) groups is 1. The smallest absolute Gasteiger partial charge is 0.298 e. The normalized spacial score (nSPS) is 10.3. The van der Waals surface area contributed by atoms with Crippen LogP contribution in [0.5, 0.6) is 0 Å². The monoisotopic (exact) mass is 397 g/mol. The summed E-state index contributed by atoms with van der Waals surface area (Å²) in [4.78, 5) is 20.0. The highest BCUT2D eigenvalue weighted by molar-refractivity contribution is 6.40. The number of halogens is 3. The van der Waals surface area contributed by atoms with Crippen molar-refractivity contribution in [3.05, 3.63) is 64.0 Å². The summed E-state index contributed by atoms with van der Waals surface area (Å²) in [6.45, 7) is 0.411. The highest BCUT2D eigenvalue weighted by Gasteiger charge is 2.22. The third-order valence-corrected chi connectivity index (χ3v) is 4.10. The Morgan fingerprint density at radius 2 is 1.84 bits per heavy atom. The molecule has 130 valence electrons. The predicted octanol–water partition coefficient (Wildman–Crippen LogP) is 3.23. The lowest BCUT2D eigenvalue weighted by Gasteiger charge is -2.09. The number of rotatable bonds is 3.